The lowest BCUT2D eigenvalue weighted by Crippen LogP contribution is -2.42. The van der Waals surface area contributed by atoms with E-state index in [0.29, 0.717) is 0 Å². The largest absolute Gasteiger partial charge is 0.347 e. The van der Waals surface area contributed by atoms with Crippen molar-refractivity contribution in [3.8, 4) is 0 Å². The Morgan fingerprint density at radius 1 is 1.35 bits per heavy atom. The second-order valence-electron chi connectivity index (χ2n) is 4.97. The fourth-order valence-corrected chi connectivity index (χ4v) is 1.60. The van der Waals surface area contributed by atoms with Crippen LogP contribution in [0.1, 0.15) is 26.5 Å². The summed E-state index contributed by atoms with van der Waals surface area (Å²) in [5.74, 6) is 0.886. The van der Waals surface area contributed by atoms with E-state index in [1.54, 1.807) is 0 Å². The van der Waals surface area contributed by atoms with Gasteiger partial charge < -0.3 is 10.2 Å². The molecule has 0 aliphatic carbocycles. The summed E-state index contributed by atoms with van der Waals surface area (Å²) < 4.78 is 0. The van der Waals surface area contributed by atoms with Crippen molar-refractivity contribution in [3.63, 3.8) is 0 Å². The lowest BCUT2D eigenvalue weighted by atomic mass is 10.1. The van der Waals surface area contributed by atoms with Gasteiger partial charge in [0.1, 0.15) is 5.82 Å². The van der Waals surface area contributed by atoms with Crippen LogP contribution >= 0.6 is 0 Å². The Morgan fingerprint density at radius 3 is 2.47 bits per heavy atom. The third-order valence-corrected chi connectivity index (χ3v) is 2.45. The molecular weight excluding hydrogens is 212 g/mol. The van der Waals surface area contributed by atoms with Crippen molar-refractivity contribution >= 4 is 5.82 Å². The molecule has 0 aromatic carbocycles. The molecule has 4 heteroatoms. The molecule has 0 atom stereocenters. The Bertz CT molecular complexity index is 351. The average Bonchev–Trinajstić information content (AvgIpc) is 2.26. The van der Waals surface area contributed by atoms with Crippen LogP contribution in [-0.4, -0.2) is 29.1 Å². The molecule has 0 aliphatic heterocycles. The second-order valence-corrected chi connectivity index (χ2v) is 4.97. The van der Waals surface area contributed by atoms with Crippen molar-refractivity contribution in [3.05, 3.63) is 30.7 Å². The van der Waals surface area contributed by atoms with E-state index in [0.717, 1.165) is 24.6 Å². The van der Waals surface area contributed by atoms with Gasteiger partial charge in [-0.25, -0.2) is 4.98 Å². The van der Waals surface area contributed by atoms with E-state index >= 15 is 0 Å². The molecule has 4 nitrogen and oxygen atoms in total. The summed E-state index contributed by atoms with van der Waals surface area (Å²) in [6, 6.07) is 0. The van der Waals surface area contributed by atoms with Gasteiger partial charge in [0.25, 0.3) is 0 Å². The number of anilines is 1. The van der Waals surface area contributed by atoms with E-state index in [1.807, 2.05) is 25.5 Å². The van der Waals surface area contributed by atoms with Gasteiger partial charge in [0.05, 0.1) is 18.1 Å². The Labute approximate surface area is 104 Å². The van der Waals surface area contributed by atoms with Gasteiger partial charge in [-0.15, -0.1) is 6.58 Å². The maximum Gasteiger partial charge on any atom is 0.147 e. The maximum absolute atomic E-state index is 4.46. The van der Waals surface area contributed by atoms with Crippen LogP contribution < -0.4 is 10.2 Å². The molecule has 0 radical (unpaired) electrons. The van der Waals surface area contributed by atoms with Gasteiger partial charge >= 0.3 is 0 Å². The predicted octanol–water partition coefficient (Wildman–Crippen LogP) is 1.99. The van der Waals surface area contributed by atoms with Crippen molar-refractivity contribution in [2.24, 2.45) is 0 Å². The van der Waals surface area contributed by atoms with Gasteiger partial charge in [0.15, 0.2) is 0 Å². The molecular formula is C13H22N4. The summed E-state index contributed by atoms with van der Waals surface area (Å²) in [6.45, 7) is 11.8. The van der Waals surface area contributed by atoms with Crippen LogP contribution in [0.5, 0.6) is 0 Å². The highest BCUT2D eigenvalue weighted by Crippen LogP contribution is 2.20. The minimum atomic E-state index is 0.00733. The van der Waals surface area contributed by atoms with Gasteiger partial charge in [0, 0.05) is 18.6 Å². The Morgan fingerprint density at radius 2 is 2.06 bits per heavy atom. The second kappa shape index (κ2) is 5.77. The molecule has 0 unspecified atom stereocenters. The molecule has 0 saturated carbocycles. The Hall–Kier alpha value is -1.42. The van der Waals surface area contributed by atoms with Gasteiger partial charge in [0.2, 0.25) is 0 Å². The zero-order valence-electron chi connectivity index (χ0n) is 11.2. The highest BCUT2D eigenvalue weighted by molar-refractivity contribution is 5.40. The van der Waals surface area contributed by atoms with E-state index in [2.05, 4.69) is 47.5 Å². The molecule has 0 aliphatic rings. The molecule has 0 saturated heterocycles. The van der Waals surface area contributed by atoms with Crippen molar-refractivity contribution in [2.45, 2.75) is 32.9 Å². The van der Waals surface area contributed by atoms with E-state index in [-0.39, 0.29) is 5.54 Å². The first-order chi connectivity index (χ1) is 7.99. The zero-order valence-corrected chi connectivity index (χ0v) is 11.2. The number of nitrogens with zero attached hydrogens (tertiary/aromatic N) is 3. The lowest BCUT2D eigenvalue weighted by Gasteiger charge is -2.35. The van der Waals surface area contributed by atoms with Crippen LogP contribution in [0.25, 0.3) is 0 Å². The smallest absolute Gasteiger partial charge is 0.147 e. The molecule has 1 heterocycles. The summed E-state index contributed by atoms with van der Waals surface area (Å²) in [7, 11) is 1.90. The molecule has 0 spiro atoms. The SMILES string of the molecule is C=CCN(c1cnc(CNC)cn1)C(C)(C)C. The lowest BCUT2D eigenvalue weighted by molar-refractivity contribution is 0.516. The van der Waals surface area contributed by atoms with Crippen LogP contribution in [0.15, 0.2) is 25.0 Å². The van der Waals surface area contributed by atoms with Crippen LogP contribution in [0, 0.1) is 0 Å². The molecule has 0 fully saturated rings. The molecule has 1 N–H and O–H groups in total. The first kappa shape index (κ1) is 13.6. The van der Waals surface area contributed by atoms with Gasteiger partial charge in [-0.3, -0.25) is 4.98 Å². The van der Waals surface area contributed by atoms with Crippen molar-refractivity contribution in [1.29, 1.82) is 0 Å². The summed E-state index contributed by atoms with van der Waals surface area (Å²) >= 11 is 0. The molecule has 0 amide bonds. The number of rotatable bonds is 5. The molecule has 1 aromatic rings. The van der Waals surface area contributed by atoms with Crippen LogP contribution in [-0.2, 0) is 6.54 Å². The minimum absolute atomic E-state index is 0.00733. The van der Waals surface area contributed by atoms with Gasteiger partial charge in [-0.2, -0.15) is 0 Å². The topological polar surface area (TPSA) is 41.1 Å². The summed E-state index contributed by atoms with van der Waals surface area (Å²) in [5, 5.41) is 3.06. The molecule has 1 aromatic heterocycles. The monoisotopic (exact) mass is 234 g/mol. The minimum Gasteiger partial charge on any atom is -0.347 e. The first-order valence-corrected chi connectivity index (χ1v) is 5.83. The first-order valence-electron chi connectivity index (χ1n) is 5.83. The summed E-state index contributed by atoms with van der Waals surface area (Å²) in [5.41, 5.74) is 0.955. The Kier molecular flexibility index (Phi) is 4.63. The fourth-order valence-electron chi connectivity index (χ4n) is 1.60. The van der Waals surface area contributed by atoms with Crippen molar-refractivity contribution < 1.29 is 0 Å². The fraction of sp³-hybridized carbons (Fsp3) is 0.538. The molecule has 0 bridgehead atoms. The highest BCUT2D eigenvalue weighted by Gasteiger charge is 2.21. The van der Waals surface area contributed by atoms with Crippen LogP contribution in [0.3, 0.4) is 0 Å². The number of aromatic nitrogens is 2. The number of hydrogen-bond donors (Lipinski definition) is 1. The van der Waals surface area contributed by atoms with Gasteiger partial charge in [-0.05, 0) is 27.8 Å². The summed E-state index contributed by atoms with van der Waals surface area (Å²) in [4.78, 5) is 11.0. The van der Waals surface area contributed by atoms with Crippen LogP contribution in [0.4, 0.5) is 5.82 Å². The number of hydrogen-bond acceptors (Lipinski definition) is 4. The molecule has 94 valence electrons. The maximum atomic E-state index is 4.46. The highest BCUT2D eigenvalue weighted by atomic mass is 15.2. The van der Waals surface area contributed by atoms with E-state index in [9.17, 15) is 0 Å². The van der Waals surface area contributed by atoms with Crippen molar-refractivity contribution in [1.82, 2.24) is 15.3 Å². The van der Waals surface area contributed by atoms with Gasteiger partial charge in [-0.1, -0.05) is 6.08 Å². The average molecular weight is 234 g/mol. The zero-order chi connectivity index (χ0) is 12.9. The quantitative estimate of drug-likeness (QED) is 0.791. The van der Waals surface area contributed by atoms with E-state index in [1.165, 1.54) is 0 Å². The van der Waals surface area contributed by atoms with Crippen LogP contribution in [0.2, 0.25) is 0 Å². The molecule has 1 rings (SSSR count). The Balaban J connectivity index is 2.91. The third kappa shape index (κ3) is 3.82. The van der Waals surface area contributed by atoms with Crippen molar-refractivity contribution in [2.75, 3.05) is 18.5 Å². The third-order valence-electron chi connectivity index (χ3n) is 2.45. The number of nitrogens with one attached hydrogen (secondary N) is 1. The normalized spacial score (nSPS) is 11.3. The van der Waals surface area contributed by atoms with E-state index in [4.69, 9.17) is 0 Å². The van der Waals surface area contributed by atoms with E-state index < -0.39 is 0 Å². The molecule has 17 heavy (non-hydrogen) atoms. The predicted molar refractivity (Wildman–Crippen MR) is 72.1 cm³/mol. The standard InChI is InChI=1S/C13H22N4/c1-6-7-17(13(2,3)4)12-10-15-11(8-14-5)9-16-12/h6,9-10,14H,1,7-8H2,2-5H3. The summed E-state index contributed by atoms with van der Waals surface area (Å²) in [6.07, 6.45) is 5.52.